The Labute approximate surface area is 203 Å². The average Bonchev–Trinajstić information content (AvgIpc) is 3.52. The third-order valence-corrected chi connectivity index (χ3v) is 7.69. The van der Waals surface area contributed by atoms with Crippen LogP contribution in [0.4, 0.5) is 22.0 Å². The lowest BCUT2D eigenvalue weighted by atomic mass is 9.87. The van der Waals surface area contributed by atoms with Crippen molar-refractivity contribution in [3.05, 3.63) is 57.7 Å². The maximum Gasteiger partial charge on any atom is 0.419 e. The largest absolute Gasteiger partial charge is 0.481 e. The first-order valence-corrected chi connectivity index (χ1v) is 12.3. The zero-order valence-electron chi connectivity index (χ0n) is 20.1. The maximum atomic E-state index is 16.0. The molecule has 35 heavy (non-hydrogen) atoms. The zero-order valence-corrected chi connectivity index (χ0v) is 20.9. The van der Waals surface area contributed by atoms with Crippen LogP contribution in [0.5, 0.6) is 0 Å². The molecule has 1 unspecified atom stereocenters. The number of carbonyl (C=O) groups is 1. The fourth-order valence-electron chi connectivity index (χ4n) is 4.15. The summed E-state index contributed by atoms with van der Waals surface area (Å²) in [4.78, 5) is 11.5. The second-order valence-corrected chi connectivity index (χ2v) is 11.9. The number of nitrogens with one attached hydrogen (secondary N) is 1. The van der Waals surface area contributed by atoms with Gasteiger partial charge in [-0.2, -0.15) is 13.2 Å². The molecule has 2 atom stereocenters. The normalized spacial score (nSPS) is 16.3. The number of halogens is 5. The zero-order chi connectivity index (χ0) is 26.5. The summed E-state index contributed by atoms with van der Waals surface area (Å²) in [5.74, 6) is -4.51. The predicted molar refractivity (Wildman–Crippen MR) is 124 cm³/mol. The number of alkyl halides is 3. The fraction of sp³-hybridized carbons (Fsp3) is 0.480. The molecule has 1 aliphatic rings. The Morgan fingerprint density at radius 1 is 1.14 bits per heavy atom. The van der Waals surface area contributed by atoms with E-state index < -0.39 is 68.7 Å². The van der Waals surface area contributed by atoms with Crippen molar-refractivity contribution in [1.29, 1.82) is 0 Å². The Balaban J connectivity index is 2.34. The maximum absolute atomic E-state index is 16.0. The van der Waals surface area contributed by atoms with Crippen molar-refractivity contribution < 1.29 is 36.1 Å². The fourth-order valence-corrected chi connectivity index (χ4v) is 4.96. The van der Waals surface area contributed by atoms with E-state index in [9.17, 15) is 27.3 Å². The van der Waals surface area contributed by atoms with Gasteiger partial charge >= 0.3 is 12.1 Å². The highest BCUT2D eigenvalue weighted by Gasteiger charge is 2.40. The topological polar surface area (TPSA) is 66.4 Å². The van der Waals surface area contributed by atoms with Gasteiger partial charge in [0, 0.05) is 11.1 Å². The molecule has 1 saturated carbocycles. The summed E-state index contributed by atoms with van der Waals surface area (Å²) in [6.07, 6.45) is -4.32. The summed E-state index contributed by atoms with van der Waals surface area (Å²) in [7, 11) is -2.02. The molecule has 2 N–H and O–H groups in total. The van der Waals surface area contributed by atoms with Crippen LogP contribution in [0.3, 0.4) is 0 Å². The number of carboxylic acid groups (broad SMARTS) is 1. The number of hydrogen-bond acceptors (Lipinski definition) is 2. The SMILES string of the molecule is Cc1ccc(C2CC2)c(C)c1-c1cc(C(F)(F)F)c(F)c([C@H](CC(=O)O)NS(=O)C(C)(C)C)c1F. The van der Waals surface area contributed by atoms with Gasteiger partial charge in [-0.05, 0) is 81.7 Å². The summed E-state index contributed by atoms with van der Waals surface area (Å²) >= 11 is 0. The van der Waals surface area contributed by atoms with Gasteiger partial charge in [0.25, 0.3) is 0 Å². The predicted octanol–water partition coefficient (Wildman–Crippen LogP) is 6.71. The monoisotopic (exact) mass is 517 g/mol. The number of hydrogen-bond donors (Lipinski definition) is 2. The molecule has 0 amide bonds. The van der Waals surface area contributed by atoms with Crippen molar-refractivity contribution in [2.45, 2.75) is 76.8 Å². The van der Waals surface area contributed by atoms with Crippen LogP contribution in [-0.4, -0.2) is 20.0 Å². The molecule has 0 heterocycles. The molecule has 2 aromatic rings. The summed E-state index contributed by atoms with van der Waals surface area (Å²) < 4.78 is 87.0. The van der Waals surface area contributed by atoms with Crippen molar-refractivity contribution in [1.82, 2.24) is 4.72 Å². The minimum Gasteiger partial charge on any atom is -0.481 e. The van der Waals surface area contributed by atoms with E-state index in [4.69, 9.17) is 0 Å². The lowest BCUT2D eigenvalue weighted by Crippen LogP contribution is -2.37. The molecule has 0 radical (unpaired) electrons. The number of aryl methyl sites for hydroxylation is 1. The van der Waals surface area contributed by atoms with Gasteiger partial charge in [0.2, 0.25) is 0 Å². The van der Waals surface area contributed by atoms with Crippen molar-refractivity contribution in [2.75, 3.05) is 0 Å². The Bertz CT molecular complexity index is 1180. The smallest absolute Gasteiger partial charge is 0.419 e. The molecule has 0 aromatic heterocycles. The number of aliphatic carboxylic acids is 1. The molecule has 10 heteroatoms. The highest BCUT2D eigenvalue weighted by molar-refractivity contribution is 7.84. The van der Waals surface area contributed by atoms with E-state index in [1.165, 1.54) is 20.8 Å². The molecule has 192 valence electrons. The second kappa shape index (κ2) is 9.61. The Kier molecular flexibility index (Phi) is 7.49. The lowest BCUT2D eigenvalue weighted by Gasteiger charge is -2.26. The van der Waals surface area contributed by atoms with Crippen molar-refractivity contribution in [3.63, 3.8) is 0 Å². The molecule has 4 nitrogen and oxygen atoms in total. The summed E-state index contributed by atoms with van der Waals surface area (Å²) in [5, 5.41) is 9.34. The standard InChI is InChI=1S/C25H28F5NO3S/c1-12-6-9-15(14-7-8-14)13(2)20(12)16-10-17(25(28,29)30)23(27)21(22(16)26)18(11-19(32)33)31-35(34)24(3,4)5/h6,9-10,14,18,31H,7-8,11H2,1-5H3,(H,32,33)/t18-,35?/m0/s1. The van der Waals surface area contributed by atoms with Gasteiger partial charge in [0.1, 0.15) is 11.6 Å². The first kappa shape index (κ1) is 27.3. The van der Waals surface area contributed by atoms with E-state index in [0.717, 1.165) is 18.4 Å². The first-order chi connectivity index (χ1) is 16.0. The van der Waals surface area contributed by atoms with Crippen LogP contribution in [0.1, 0.15) is 79.8 Å². The minimum atomic E-state index is -5.17. The number of rotatable bonds is 7. The Morgan fingerprint density at radius 2 is 1.74 bits per heavy atom. The Morgan fingerprint density at radius 3 is 2.23 bits per heavy atom. The van der Waals surface area contributed by atoms with Gasteiger partial charge in [0.15, 0.2) is 0 Å². The van der Waals surface area contributed by atoms with Crippen LogP contribution in [0.15, 0.2) is 18.2 Å². The van der Waals surface area contributed by atoms with Crippen LogP contribution in [-0.2, 0) is 22.0 Å². The molecule has 2 aromatic carbocycles. The number of carboxylic acids is 1. The third-order valence-electron chi connectivity index (χ3n) is 6.07. The van der Waals surface area contributed by atoms with E-state index >= 15 is 8.78 Å². The van der Waals surface area contributed by atoms with Gasteiger partial charge < -0.3 is 5.11 Å². The summed E-state index contributed by atoms with van der Waals surface area (Å²) in [6, 6.07) is 2.19. The van der Waals surface area contributed by atoms with E-state index in [1.807, 2.05) is 6.07 Å². The van der Waals surface area contributed by atoms with Crippen LogP contribution in [0.25, 0.3) is 11.1 Å². The Hall–Kier alpha value is -2.33. The van der Waals surface area contributed by atoms with Crippen LogP contribution in [0.2, 0.25) is 0 Å². The second-order valence-electron chi connectivity index (χ2n) is 9.91. The molecule has 1 fully saturated rings. The van der Waals surface area contributed by atoms with Gasteiger partial charge in [-0.15, -0.1) is 0 Å². The van der Waals surface area contributed by atoms with Crippen LogP contribution in [0, 0.1) is 25.5 Å². The van der Waals surface area contributed by atoms with E-state index in [0.29, 0.717) is 17.2 Å². The van der Waals surface area contributed by atoms with Gasteiger partial charge in [-0.3, -0.25) is 4.79 Å². The van der Waals surface area contributed by atoms with E-state index in [2.05, 4.69) is 4.72 Å². The molecule has 0 spiro atoms. The van der Waals surface area contributed by atoms with E-state index in [1.54, 1.807) is 19.9 Å². The molecule has 0 bridgehead atoms. The van der Waals surface area contributed by atoms with Gasteiger partial charge in [-0.25, -0.2) is 17.7 Å². The summed E-state index contributed by atoms with van der Waals surface area (Å²) in [6.45, 7) is 7.92. The average molecular weight is 518 g/mol. The first-order valence-electron chi connectivity index (χ1n) is 11.1. The minimum absolute atomic E-state index is 0.213. The van der Waals surface area contributed by atoms with Crippen LogP contribution < -0.4 is 4.72 Å². The molecule has 1 aliphatic carbocycles. The quantitative estimate of drug-likeness (QED) is 0.401. The van der Waals surface area contributed by atoms with Crippen molar-refractivity contribution >= 4 is 17.0 Å². The highest BCUT2D eigenvalue weighted by Crippen LogP contribution is 2.46. The van der Waals surface area contributed by atoms with E-state index in [-0.39, 0.29) is 11.5 Å². The number of benzene rings is 2. The molecular weight excluding hydrogens is 489 g/mol. The third kappa shape index (κ3) is 5.74. The lowest BCUT2D eigenvalue weighted by molar-refractivity contribution is -0.140. The highest BCUT2D eigenvalue weighted by atomic mass is 32.2. The van der Waals surface area contributed by atoms with Crippen LogP contribution >= 0.6 is 0 Å². The van der Waals surface area contributed by atoms with Gasteiger partial charge in [0.05, 0.1) is 33.8 Å². The molecule has 0 aliphatic heterocycles. The van der Waals surface area contributed by atoms with Gasteiger partial charge in [-0.1, -0.05) is 12.1 Å². The summed E-state index contributed by atoms with van der Waals surface area (Å²) in [5.41, 5.74) is -1.08. The van der Waals surface area contributed by atoms with Crippen molar-refractivity contribution in [2.24, 2.45) is 0 Å². The van der Waals surface area contributed by atoms with Crippen molar-refractivity contribution in [3.8, 4) is 11.1 Å². The molecule has 3 rings (SSSR count). The molecular formula is C25H28F5NO3S. The molecule has 0 saturated heterocycles.